The Morgan fingerprint density at radius 1 is 1.30 bits per heavy atom. The summed E-state index contributed by atoms with van der Waals surface area (Å²) in [6.07, 6.45) is 1.04. The summed E-state index contributed by atoms with van der Waals surface area (Å²) in [5.41, 5.74) is -0.204. The second kappa shape index (κ2) is 9.38. The molecular weight excluding hydrogens is 489 g/mol. The number of carboxylic acid groups (broad SMARTS) is 1. The number of nitrogens with one attached hydrogen (secondary N) is 3. The van der Waals surface area contributed by atoms with Crippen LogP contribution in [0.15, 0.2) is 41.3 Å². The van der Waals surface area contributed by atoms with Crippen LogP contribution >= 0.6 is 0 Å². The maximum atomic E-state index is 15.8. The first-order chi connectivity index (χ1) is 17.9. The van der Waals surface area contributed by atoms with Crippen LogP contribution in [0.2, 0.25) is 0 Å². The van der Waals surface area contributed by atoms with Gasteiger partial charge in [0.2, 0.25) is 11.5 Å². The lowest BCUT2D eigenvalue weighted by molar-refractivity contribution is 0.0696. The summed E-state index contributed by atoms with van der Waals surface area (Å²) in [6.45, 7) is 0.330. The number of halogens is 1. The van der Waals surface area contributed by atoms with Crippen LogP contribution in [-0.4, -0.2) is 56.4 Å². The molecule has 0 aliphatic carbocycles. The van der Waals surface area contributed by atoms with Crippen molar-refractivity contribution in [2.75, 3.05) is 25.6 Å². The van der Waals surface area contributed by atoms with Gasteiger partial charge in [-0.15, -0.1) is 5.10 Å². The van der Waals surface area contributed by atoms with Crippen LogP contribution in [0, 0.1) is 17.1 Å². The van der Waals surface area contributed by atoms with Gasteiger partial charge in [0.1, 0.15) is 24.8 Å². The molecule has 0 fully saturated rings. The van der Waals surface area contributed by atoms with Gasteiger partial charge in [-0.2, -0.15) is 15.0 Å². The number of methoxy groups -OCH3 is 1. The molecule has 0 radical (unpaired) electrons. The number of ether oxygens (including phenoxy) is 3. The van der Waals surface area contributed by atoms with Crippen molar-refractivity contribution in [1.82, 2.24) is 25.0 Å². The van der Waals surface area contributed by atoms with E-state index in [1.807, 2.05) is 6.07 Å². The molecular formula is C23H18FN7O6. The van der Waals surface area contributed by atoms with Crippen molar-refractivity contribution in [2.45, 2.75) is 6.04 Å². The molecule has 188 valence electrons. The van der Waals surface area contributed by atoms with Gasteiger partial charge in [0.05, 0.1) is 24.9 Å². The molecule has 1 aliphatic rings. The number of carbonyl (C=O) groups is 1. The number of hydrogen-bond acceptors (Lipinski definition) is 9. The Balaban J connectivity index is 1.67. The molecule has 0 spiro atoms. The summed E-state index contributed by atoms with van der Waals surface area (Å²) in [5.74, 6) is -2.19. The first-order valence-corrected chi connectivity index (χ1v) is 10.8. The lowest BCUT2D eigenvalue weighted by Gasteiger charge is -2.25. The zero-order valence-corrected chi connectivity index (χ0v) is 19.1. The van der Waals surface area contributed by atoms with Crippen molar-refractivity contribution in [3.05, 3.63) is 75.3 Å². The van der Waals surface area contributed by atoms with Crippen molar-refractivity contribution in [1.29, 1.82) is 5.26 Å². The van der Waals surface area contributed by atoms with Gasteiger partial charge in [-0.05, 0) is 30.3 Å². The van der Waals surface area contributed by atoms with Crippen LogP contribution in [0.1, 0.15) is 33.4 Å². The number of rotatable bonds is 7. The minimum atomic E-state index is -1.32. The van der Waals surface area contributed by atoms with E-state index in [-0.39, 0.29) is 53.2 Å². The number of carboxylic acids is 1. The summed E-state index contributed by atoms with van der Waals surface area (Å²) < 4.78 is 33.0. The smallest absolute Gasteiger partial charge is 0.349 e. The van der Waals surface area contributed by atoms with Gasteiger partial charge in [0, 0.05) is 11.3 Å². The molecule has 37 heavy (non-hydrogen) atoms. The molecule has 0 bridgehead atoms. The van der Waals surface area contributed by atoms with Gasteiger partial charge in [0.15, 0.2) is 23.2 Å². The number of nitrogens with zero attached hydrogens (tertiary/aromatic N) is 4. The highest BCUT2D eigenvalue weighted by Crippen LogP contribution is 2.45. The standard InChI is InChI=1S/C23H18FN7O6/c1-35-15-8-13(16(24)19-18(15)36-6-7-37-19)17(27-12-4-2-11(9-25)3-5-12)20-28-23(34)31(30-20)21-14(22(32)33)10-26-29-21/h2-5,8,10,17,27H,6-7H2,1H3,(H,26,29)(H,32,33)(H,28,30,34). The monoisotopic (exact) mass is 507 g/mol. The van der Waals surface area contributed by atoms with E-state index >= 15 is 4.39 Å². The lowest BCUT2D eigenvalue weighted by atomic mass is 10.0. The Labute approximate surface area is 207 Å². The van der Waals surface area contributed by atoms with Crippen molar-refractivity contribution in [3.63, 3.8) is 0 Å². The number of nitriles is 1. The third kappa shape index (κ3) is 4.18. The van der Waals surface area contributed by atoms with Crippen LogP contribution in [0.25, 0.3) is 5.82 Å². The van der Waals surface area contributed by atoms with E-state index < -0.39 is 23.5 Å². The SMILES string of the molecule is COc1cc(C(Nc2ccc(C#N)cc2)c2nn(-c3[nH]ncc3C(=O)O)c(=O)[nH]2)c(F)c2c1OCCO2. The van der Waals surface area contributed by atoms with Gasteiger partial charge in [-0.25, -0.2) is 14.0 Å². The van der Waals surface area contributed by atoms with E-state index in [0.29, 0.717) is 11.3 Å². The number of hydrogen-bond donors (Lipinski definition) is 4. The average Bonchev–Trinajstić information content (AvgIpc) is 3.55. The van der Waals surface area contributed by atoms with Crippen LogP contribution in [-0.2, 0) is 0 Å². The van der Waals surface area contributed by atoms with E-state index in [1.54, 1.807) is 24.3 Å². The minimum Gasteiger partial charge on any atom is -0.493 e. The largest absolute Gasteiger partial charge is 0.493 e. The highest BCUT2D eigenvalue weighted by atomic mass is 19.1. The molecule has 3 heterocycles. The average molecular weight is 507 g/mol. The first kappa shape index (κ1) is 23.4. The number of aromatic carboxylic acids is 1. The molecule has 5 rings (SSSR count). The maximum Gasteiger partial charge on any atom is 0.349 e. The van der Waals surface area contributed by atoms with Gasteiger partial charge in [-0.1, -0.05) is 0 Å². The van der Waals surface area contributed by atoms with Crippen LogP contribution < -0.4 is 25.2 Å². The molecule has 0 saturated heterocycles. The van der Waals surface area contributed by atoms with Crippen LogP contribution in [0.3, 0.4) is 0 Å². The van der Waals surface area contributed by atoms with Gasteiger partial charge < -0.3 is 24.6 Å². The topological polar surface area (TPSA) is 180 Å². The number of fused-ring (bicyclic) bond motifs is 1. The number of aromatic nitrogens is 5. The minimum absolute atomic E-state index is 0.00516. The Kier molecular flexibility index (Phi) is 5.94. The molecule has 13 nitrogen and oxygen atoms in total. The van der Waals surface area contributed by atoms with Crippen molar-refractivity contribution in [2.24, 2.45) is 0 Å². The molecule has 0 amide bonds. The fraction of sp³-hybridized carbons (Fsp3) is 0.174. The molecule has 1 aliphatic heterocycles. The molecule has 4 N–H and O–H groups in total. The van der Waals surface area contributed by atoms with E-state index in [1.165, 1.54) is 13.2 Å². The number of H-pyrrole nitrogens is 2. The summed E-state index contributed by atoms with van der Waals surface area (Å²) in [5, 5.41) is 31.9. The molecule has 4 aromatic rings. The highest BCUT2D eigenvalue weighted by molar-refractivity contribution is 5.90. The molecule has 14 heteroatoms. The predicted molar refractivity (Wildman–Crippen MR) is 124 cm³/mol. The zero-order valence-electron chi connectivity index (χ0n) is 19.1. The zero-order chi connectivity index (χ0) is 26.1. The van der Waals surface area contributed by atoms with Crippen molar-refractivity contribution < 1.29 is 28.5 Å². The van der Waals surface area contributed by atoms with E-state index in [0.717, 1.165) is 10.9 Å². The summed E-state index contributed by atoms with van der Waals surface area (Å²) in [7, 11) is 1.39. The molecule has 2 aromatic heterocycles. The third-order valence-corrected chi connectivity index (χ3v) is 5.57. The van der Waals surface area contributed by atoms with E-state index in [2.05, 4.69) is 25.6 Å². The number of benzene rings is 2. The van der Waals surface area contributed by atoms with Crippen LogP contribution in [0.5, 0.6) is 17.2 Å². The predicted octanol–water partition coefficient (Wildman–Crippen LogP) is 1.97. The van der Waals surface area contributed by atoms with E-state index in [4.69, 9.17) is 19.5 Å². The first-order valence-electron chi connectivity index (χ1n) is 10.8. The Morgan fingerprint density at radius 3 is 2.70 bits per heavy atom. The summed E-state index contributed by atoms with van der Waals surface area (Å²) in [4.78, 5) is 26.9. The number of aromatic amines is 2. The third-order valence-electron chi connectivity index (χ3n) is 5.57. The van der Waals surface area contributed by atoms with Gasteiger partial charge in [-0.3, -0.25) is 10.1 Å². The second-order valence-corrected chi connectivity index (χ2v) is 7.77. The number of anilines is 1. The maximum absolute atomic E-state index is 15.8. The Morgan fingerprint density at radius 2 is 2.03 bits per heavy atom. The molecule has 0 saturated carbocycles. The van der Waals surface area contributed by atoms with E-state index in [9.17, 15) is 14.7 Å². The molecule has 2 aromatic carbocycles. The fourth-order valence-electron chi connectivity index (χ4n) is 3.85. The Hall–Kier alpha value is -5.32. The van der Waals surface area contributed by atoms with Crippen molar-refractivity contribution >= 4 is 11.7 Å². The van der Waals surface area contributed by atoms with Gasteiger partial charge in [0.25, 0.3) is 0 Å². The lowest BCUT2D eigenvalue weighted by Crippen LogP contribution is -2.21. The van der Waals surface area contributed by atoms with Crippen molar-refractivity contribution in [3.8, 4) is 29.1 Å². The second-order valence-electron chi connectivity index (χ2n) is 7.77. The summed E-state index contributed by atoms with van der Waals surface area (Å²) in [6, 6.07) is 8.61. The Bertz CT molecular complexity index is 1580. The highest BCUT2D eigenvalue weighted by Gasteiger charge is 2.31. The fourth-order valence-corrected chi connectivity index (χ4v) is 3.85. The normalized spacial score (nSPS) is 13.0. The van der Waals surface area contributed by atoms with Crippen LogP contribution in [0.4, 0.5) is 10.1 Å². The molecule has 1 unspecified atom stereocenters. The quantitative estimate of drug-likeness (QED) is 0.289. The molecule has 1 atom stereocenters. The summed E-state index contributed by atoms with van der Waals surface area (Å²) >= 11 is 0. The van der Waals surface area contributed by atoms with Gasteiger partial charge >= 0.3 is 11.7 Å².